The molecule has 2 fully saturated rings. The number of methoxy groups -OCH3 is 1. The molecule has 2 aliphatic rings. The van der Waals surface area contributed by atoms with Gasteiger partial charge in [-0.1, -0.05) is 6.07 Å². The van der Waals surface area contributed by atoms with Crippen molar-refractivity contribution in [2.24, 2.45) is 11.8 Å². The van der Waals surface area contributed by atoms with Crippen LogP contribution in [0.15, 0.2) is 36.4 Å². The molecular weight excluding hydrogens is 374 g/mol. The lowest BCUT2D eigenvalue weighted by atomic mass is 9.78. The van der Waals surface area contributed by atoms with E-state index >= 15 is 0 Å². The first-order chi connectivity index (χ1) is 13.5. The average Bonchev–Trinajstić information content (AvgIpc) is 3.26. The van der Waals surface area contributed by atoms with E-state index in [0.29, 0.717) is 23.1 Å². The topological polar surface area (TPSA) is 59.0 Å². The Labute approximate surface area is 169 Å². The van der Waals surface area contributed by atoms with Crippen molar-refractivity contribution in [1.82, 2.24) is 4.90 Å². The molecule has 1 saturated carbocycles. The van der Waals surface area contributed by atoms with Crippen LogP contribution < -0.4 is 4.74 Å². The van der Waals surface area contributed by atoms with E-state index in [9.17, 15) is 9.90 Å². The number of rotatable bonds is 5. The Hall–Kier alpha value is -1.89. The van der Waals surface area contributed by atoms with E-state index in [1.54, 1.807) is 18.2 Å². The molecule has 150 valence electrons. The first-order valence-electron chi connectivity index (χ1n) is 9.82. The summed E-state index contributed by atoms with van der Waals surface area (Å²) in [5.74, 6) is 1.29. The third-order valence-corrected chi connectivity index (χ3v) is 6.86. The van der Waals surface area contributed by atoms with Gasteiger partial charge in [-0.2, -0.15) is 0 Å². The molecule has 28 heavy (non-hydrogen) atoms. The third kappa shape index (κ3) is 4.24. The van der Waals surface area contributed by atoms with Crippen molar-refractivity contribution in [2.75, 3.05) is 20.2 Å². The molecule has 4 atom stereocenters. The number of benzene rings is 1. The van der Waals surface area contributed by atoms with Crippen LogP contribution in [0.25, 0.3) is 0 Å². The van der Waals surface area contributed by atoms with Crippen LogP contribution in [-0.4, -0.2) is 48.4 Å². The fourth-order valence-corrected chi connectivity index (χ4v) is 5.46. The van der Waals surface area contributed by atoms with Crippen LogP contribution in [0.5, 0.6) is 5.75 Å². The van der Waals surface area contributed by atoms with E-state index in [-0.39, 0.29) is 12.1 Å². The summed E-state index contributed by atoms with van der Waals surface area (Å²) in [6.45, 7) is 5.24. The Bertz CT molecular complexity index is 835. The van der Waals surface area contributed by atoms with Gasteiger partial charge < -0.3 is 14.6 Å². The zero-order valence-corrected chi connectivity index (χ0v) is 17.2. The molecule has 2 heterocycles. The van der Waals surface area contributed by atoms with Crippen LogP contribution in [0.1, 0.15) is 33.0 Å². The monoisotopic (exact) mass is 401 g/mol. The van der Waals surface area contributed by atoms with Crippen molar-refractivity contribution in [3.8, 4) is 5.75 Å². The number of esters is 1. The second-order valence-electron chi connectivity index (χ2n) is 7.94. The highest BCUT2D eigenvalue weighted by atomic mass is 32.1. The Morgan fingerprint density at radius 1 is 1.21 bits per heavy atom. The molecule has 1 aliphatic carbocycles. The molecule has 1 N–H and O–H groups in total. The van der Waals surface area contributed by atoms with Gasteiger partial charge in [0.15, 0.2) is 0 Å². The molecule has 1 saturated heterocycles. The van der Waals surface area contributed by atoms with Crippen molar-refractivity contribution >= 4 is 17.3 Å². The zero-order chi connectivity index (χ0) is 19.7. The van der Waals surface area contributed by atoms with E-state index in [4.69, 9.17) is 9.47 Å². The number of aryl methyl sites for hydroxylation is 1. The van der Waals surface area contributed by atoms with Gasteiger partial charge in [0.05, 0.1) is 18.8 Å². The van der Waals surface area contributed by atoms with E-state index in [1.165, 1.54) is 16.9 Å². The second kappa shape index (κ2) is 8.23. The number of carbonyl (C=O) groups is 1. The van der Waals surface area contributed by atoms with Gasteiger partial charge in [0.2, 0.25) is 0 Å². The van der Waals surface area contributed by atoms with Crippen molar-refractivity contribution in [3.05, 3.63) is 51.7 Å². The molecule has 0 bridgehead atoms. The number of carbonyl (C=O) groups excluding carboxylic acids is 1. The maximum absolute atomic E-state index is 11.7. The van der Waals surface area contributed by atoms with Gasteiger partial charge in [0.25, 0.3) is 0 Å². The predicted octanol–water partition coefficient (Wildman–Crippen LogP) is 3.49. The number of hydrogen-bond donors (Lipinski definition) is 1. The van der Waals surface area contributed by atoms with E-state index in [0.717, 1.165) is 32.5 Å². The summed E-state index contributed by atoms with van der Waals surface area (Å²) in [4.78, 5) is 17.0. The number of thiophene rings is 1. The molecule has 5 nitrogen and oxygen atoms in total. The lowest BCUT2D eigenvalue weighted by Crippen LogP contribution is -2.42. The molecule has 4 rings (SSSR count). The number of nitrogens with zero attached hydrogens (tertiary/aromatic N) is 1. The van der Waals surface area contributed by atoms with Crippen LogP contribution in [0.3, 0.4) is 0 Å². The first kappa shape index (κ1) is 19.4. The molecule has 1 aromatic heterocycles. The molecule has 6 heteroatoms. The lowest BCUT2D eigenvalue weighted by Gasteiger charge is -2.35. The SMILES string of the molecule is COC(=O)c1cccc(O[C@@H]2C[C@@H]3CN(Cc4ccc(C)s4)C[C@@H]3C[C@H]2O)c1. The van der Waals surface area contributed by atoms with Gasteiger partial charge in [-0.3, -0.25) is 4.90 Å². The Kier molecular flexibility index (Phi) is 5.71. The highest BCUT2D eigenvalue weighted by Gasteiger charge is 2.42. The molecule has 0 radical (unpaired) electrons. The third-order valence-electron chi connectivity index (χ3n) is 5.88. The number of aliphatic hydroxyl groups excluding tert-OH is 1. The van der Waals surface area contributed by atoms with Crippen molar-refractivity contribution in [1.29, 1.82) is 0 Å². The van der Waals surface area contributed by atoms with Gasteiger partial charge in [-0.25, -0.2) is 4.79 Å². The highest BCUT2D eigenvalue weighted by molar-refractivity contribution is 7.11. The van der Waals surface area contributed by atoms with E-state index in [2.05, 4.69) is 24.0 Å². The molecule has 2 aromatic rings. The van der Waals surface area contributed by atoms with Gasteiger partial charge in [0, 0.05) is 29.4 Å². The summed E-state index contributed by atoms with van der Waals surface area (Å²) in [6, 6.07) is 11.4. The standard InChI is InChI=1S/C22H27NO4S/c1-14-6-7-19(28-14)13-23-11-16-9-20(24)21(10-17(16)12-23)27-18-5-3-4-15(8-18)22(25)26-2/h3-8,16-17,20-21,24H,9-13H2,1-2H3/t16-,17+,20+,21+/m0/s1. The number of likely N-dealkylation sites (tertiary alicyclic amines) is 1. The molecule has 0 unspecified atom stereocenters. The van der Waals surface area contributed by atoms with E-state index < -0.39 is 6.10 Å². The normalized spacial score (nSPS) is 27.4. The number of hydrogen-bond acceptors (Lipinski definition) is 6. The van der Waals surface area contributed by atoms with Gasteiger partial charge in [-0.05, 0) is 61.9 Å². The molecule has 0 amide bonds. The van der Waals surface area contributed by atoms with Crippen molar-refractivity contribution in [2.45, 2.75) is 38.5 Å². The average molecular weight is 402 g/mol. The summed E-state index contributed by atoms with van der Waals surface area (Å²) < 4.78 is 10.9. The molecular formula is C22H27NO4S. The van der Waals surface area contributed by atoms with Crippen LogP contribution in [0.4, 0.5) is 0 Å². The summed E-state index contributed by atoms with van der Waals surface area (Å²) in [7, 11) is 1.37. The van der Waals surface area contributed by atoms with Crippen molar-refractivity contribution in [3.63, 3.8) is 0 Å². The number of fused-ring (bicyclic) bond motifs is 1. The summed E-state index contributed by atoms with van der Waals surface area (Å²) >= 11 is 1.86. The minimum Gasteiger partial charge on any atom is -0.488 e. The smallest absolute Gasteiger partial charge is 0.337 e. The first-order valence-corrected chi connectivity index (χ1v) is 10.6. The number of ether oxygens (including phenoxy) is 2. The largest absolute Gasteiger partial charge is 0.488 e. The fourth-order valence-electron chi connectivity index (χ4n) is 4.52. The highest BCUT2D eigenvalue weighted by Crippen LogP contribution is 2.38. The van der Waals surface area contributed by atoms with Crippen LogP contribution in [-0.2, 0) is 11.3 Å². The van der Waals surface area contributed by atoms with Gasteiger partial charge >= 0.3 is 5.97 Å². The summed E-state index contributed by atoms with van der Waals surface area (Å²) in [5, 5.41) is 10.6. The predicted molar refractivity (Wildman–Crippen MR) is 109 cm³/mol. The molecule has 1 aliphatic heterocycles. The number of aliphatic hydroxyl groups is 1. The molecule has 1 aromatic carbocycles. The summed E-state index contributed by atoms with van der Waals surface area (Å²) in [6.07, 6.45) is 0.894. The van der Waals surface area contributed by atoms with Crippen LogP contribution >= 0.6 is 11.3 Å². The zero-order valence-electron chi connectivity index (χ0n) is 16.3. The minimum absolute atomic E-state index is 0.238. The maximum Gasteiger partial charge on any atom is 0.337 e. The van der Waals surface area contributed by atoms with E-state index in [1.807, 2.05) is 17.4 Å². The Balaban J connectivity index is 1.38. The van der Waals surface area contributed by atoms with Crippen molar-refractivity contribution < 1.29 is 19.4 Å². The Morgan fingerprint density at radius 3 is 2.71 bits per heavy atom. The molecule has 0 spiro atoms. The van der Waals surface area contributed by atoms with Crippen LogP contribution in [0.2, 0.25) is 0 Å². The lowest BCUT2D eigenvalue weighted by molar-refractivity contribution is -0.0231. The maximum atomic E-state index is 11.7. The van der Waals surface area contributed by atoms with Crippen LogP contribution in [0, 0.1) is 18.8 Å². The second-order valence-corrected chi connectivity index (χ2v) is 9.31. The Morgan fingerprint density at radius 2 is 2.00 bits per heavy atom. The van der Waals surface area contributed by atoms with Gasteiger partial charge in [0.1, 0.15) is 11.9 Å². The van der Waals surface area contributed by atoms with Gasteiger partial charge in [-0.15, -0.1) is 11.3 Å². The minimum atomic E-state index is -0.480. The fraction of sp³-hybridized carbons (Fsp3) is 0.500. The quantitative estimate of drug-likeness (QED) is 0.777. The summed E-state index contributed by atoms with van der Waals surface area (Å²) in [5.41, 5.74) is 0.460.